The molecule has 2 nitrogen and oxygen atoms in total. The van der Waals surface area contributed by atoms with Crippen LogP contribution in [0.15, 0.2) is 54.7 Å². The van der Waals surface area contributed by atoms with Crippen molar-refractivity contribution in [1.82, 2.24) is 4.98 Å². The van der Waals surface area contributed by atoms with Gasteiger partial charge in [0.25, 0.3) is 0 Å². The molecule has 20 heavy (non-hydrogen) atoms. The lowest BCUT2D eigenvalue weighted by Crippen LogP contribution is -2.06. The van der Waals surface area contributed by atoms with Crippen LogP contribution in [-0.2, 0) is 0 Å². The van der Waals surface area contributed by atoms with Crippen LogP contribution in [0.3, 0.4) is 0 Å². The van der Waals surface area contributed by atoms with Gasteiger partial charge in [0.15, 0.2) is 5.78 Å². The smallest absolute Gasteiger partial charge is 0.196 e. The molecule has 0 bridgehead atoms. The Labute approximate surface area is 113 Å². The number of hydrogen-bond donors (Lipinski definition) is 0. The summed E-state index contributed by atoms with van der Waals surface area (Å²) in [5.41, 5.74) is 0.664. The molecule has 0 atom stereocenters. The van der Waals surface area contributed by atoms with Crippen LogP contribution < -0.4 is 0 Å². The summed E-state index contributed by atoms with van der Waals surface area (Å²) in [5, 5.41) is 0.615. The minimum atomic E-state index is -0.739. The first kappa shape index (κ1) is 12.4. The van der Waals surface area contributed by atoms with Gasteiger partial charge in [-0.25, -0.2) is 8.78 Å². The van der Waals surface area contributed by atoms with Crippen LogP contribution in [0.2, 0.25) is 0 Å². The summed E-state index contributed by atoms with van der Waals surface area (Å²) in [6.07, 6.45) is 1.48. The zero-order chi connectivity index (χ0) is 14.1. The third-order valence-electron chi connectivity index (χ3n) is 3.07. The number of hydrogen-bond acceptors (Lipinski definition) is 2. The Hall–Kier alpha value is -2.62. The number of fused-ring (bicyclic) bond motifs is 1. The zero-order valence-electron chi connectivity index (χ0n) is 10.3. The van der Waals surface area contributed by atoms with Gasteiger partial charge in [-0.1, -0.05) is 18.2 Å². The van der Waals surface area contributed by atoms with E-state index in [4.69, 9.17) is 0 Å². The molecule has 0 saturated carbocycles. The van der Waals surface area contributed by atoms with Gasteiger partial charge in [0.1, 0.15) is 11.6 Å². The van der Waals surface area contributed by atoms with Crippen molar-refractivity contribution in [1.29, 1.82) is 0 Å². The summed E-state index contributed by atoms with van der Waals surface area (Å²) in [6.45, 7) is 0. The molecule has 98 valence electrons. The number of carbonyl (C=O) groups excluding carboxylic acids is 1. The van der Waals surface area contributed by atoms with Gasteiger partial charge in [0, 0.05) is 17.1 Å². The maximum absolute atomic E-state index is 13.7. The number of nitrogens with zero attached hydrogens (tertiary/aromatic N) is 1. The Morgan fingerprint density at radius 1 is 0.950 bits per heavy atom. The molecule has 4 heteroatoms. The summed E-state index contributed by atoms with van der Waals surface area (Å²) in [5.74, 6) is -1.94. The average molecular weight is 269 g/mol. The van der Waals surface area contributed by atoms with Crippen LogP contribution in [-0.4, -0.2) is 10.8 Å². The predicted molar refractivity (Wildman–Crippen MR) is 71.5 cm³/mol. The Morgan fingerprint density at radius 3 is 2.60 bits per heavy atom. The van der Waals surface area contributed by atoms with Crippen LogP contribution in [0, 0.1) is 11.6 Å². The van der Waals surface area contributed by atoms with Gasteiger partial charge >= 0.3 is 0 Å². The summed E-state index contributed by atoms with van der Waals surface area (Å²) in [7, 11) is 0. The number of halogens is 2. The first-order chi connectivity index (χ1) is 9.66. The lowest BCUT2D eigenvalue weighted by molar-refractivity contribution is 0.103. The summed E-state index contributed by atoms with van der Waals surface area (Å²) in [6, 6.07) is 11.4. The fourth-order valence-corrected chi connectivity index (χ4v) is 2.11. The summed E-state index contributed by atoms with van der Waals surface area (Å²) in [4.78, 5) is 16.5. The molecule has 0 saturated heterocycles. The second kappa shape index (κ2) is 4.81. The Balaban J connectivity index is 2.20. The normalized spacial score (nSPS) is 10.7. The Bertz CT molecular complexity index is 809. The van der Waals surface area contributed by atoms with Crippen molar-refractivity contribution in [3.8, 4) is 0 Å². The predicted octanol–water partition coefficient (Wildman–Crippen LogP) is 3.74. The molecule has 2 aromatic carbocycles. The van der Waals surface area contributed by atoms with Crippen LogP contribution in [0.25, 0.3) is 10.9 Å². The van der Waals surface area contributed by atoms with E-state index >= 15 is 0 Å². The molecular formula is C16H9F2NO. The van der Waals surface area contributed by atoms with Gasteiger partial charge in [-0.2, -0.15) is 0 Å². The molecule has 3 aromatic rings. The molecule has 0 unspecified atom stereocenters. The van der Waals surface area contributed by atoms with Crippen LogP contribution in [0.4, 0.5) is 8.78 Å². The average Bonchev–Trinajstić information content (AvgIpc) is 2.48. The van der Waals surface area contributed by atoms with E-state index in [0.29, 0.717) is 16.5 Å². The van der Waals surface area contributed by atoms with Gasteiger partial charge in [0.2, 0.25) is 0 Å². The van der Waals surface area contributed by atoms with E-state index in [-0.39, 0.29) is 5.56 Å². The van der Waals surface area contributed by atoms with E-state index in [2.05, 4.69) is 4.98 Å². The molecule has 1 heterocycles. The monoisotopic (exact) mass is 269 g/mol. The van der Waals surface area contributed by atoms with E-state index in [9.17, 15) is 13.6 Å². The molecule has 0 amide bonds. The van der Waals surface area contributed by atoms with E-state index in [1.54, 1.807) is 24.3 Å². The lowest BCUT2D eigenvalue weighted by atomic mass is 9.99. The number of para-hydroxylation sites is 1. The molecule has 0 N–H and O–H groups in total. The third-order valence-corrected chi connectivity index (χ3v) is 3.07. The van der Waals surface area contributed by atoms with Gasteiger partial charge in [-0.15, -0.1) is 0 Å². The largest absolute Gasteiger partial charge is 0.288 e. The highest BCUT2D eigenvalue weighted by Crippen LogP contribution is 2.21. The van der Waals surface area contributed by atoms with Crippen molar-refractivity contribution >= 4 is 16.7 Å². The minimum Gasteiger partial charge on any atom is -0.288 e. The van der Waals surface area contributed by atoms with Gasteiger partial charge in [-0.3, -0.25) is 9.78 Å². The van der Waals surface area contributed by atoms with Crippen molar-refractivity contribution in [2.75, 3.05) is 0 Å². The first-order valence-electron chi connectivity index (χ1n) is 6.00. The van der Waals surface area contributed by atoms with Crippen molar-refractivity contribution in [3.63, 3.8) is 0 Å². The quantitative estimate of drug-likeness (QED) is 0.663. The van der Waals surface area contributed by atoms with E-state index in [1.165, 1.54) is 12.3 Å². The fourth-order valence-electron chi connectivity index (χ4n) is 2.11. The zero-order valence-corrected chi connectivity index (χ0v) is 10.3. The van der Waals surface area contributed by atoms with E-state index in [1.807, 2.05) is 0 Å². The number of ketones is 1. The molecule has 0 aliphatic heterocycles. The van der Waals surface area contributed by atoms with Crippen molar-refractivity contribution < 1.29 is 13.6 Å². The maximum atomic E-state index is 13.7. The van der Waals surface area contributed by atoms with Crippen molar-refractivity contribution in [2.45, 2.75) is 0 Å². The lowest BCUT2D eigenvalue weighted by Gasteiger charge is -2.06. The van der Waals surface area contributed by atoms with Crippen LogP contribution >= 0.6 is 0 Å². The Kier molecular flexibility index (Phi) is 2.99. The van der Waals surface area contributed by atoms with Gasteiger partial charge in [0.05, 0.1) is 11.1 Å². The van der Waals surface area contributed by atoms with Gasteiger partial charge in [-0.05, 0) is 30.3 Å². The van der Waals surface area contributed by atoms with Crippen LogP contribution in [0.1, 0.15) is 15.9 Å². The second-order valence-corrected chi connectivity index (χ2v) is 4.33. The Morgan fingerprint density at radius 2 is 1.75 bits per heavy atom. The molecule has 0 aliphatic carbocycles. The minimum absolute atomic E-state index is 0.277. The molecule has 0 radical (unpaired) electrons. The number of benzene rings is 2. The highest BCUT2D eigenvalue weighted by atomic mass is 19.1. The summed E-state index contributed by atoms with van der Waals surface area (Å²) >= 11 is 0. The number of rotatable bonds is 2. The topological polar surface area (TPSA) is 30.0 Å². The van der Waals surface area contributed by atoms with Crippen LogP contribution in [0.5, 0.6) is 0 Å². The first-order valence-corrected chi connectivity index (χ1v) is 6.00. The molecule has 0 aliphatic rings. The highest BCUT2D eigenvalue weighted by molar-refractivity contribution is 6.15. The number of carbonyl (C=O) groups is 1. The number of pyridine rings is 1. The molecule has 0 spiro atoms. The molecule has 0 fully saturated rings. The fraction of sp³-hybridized carbons (Fsp3) is 0. The molecular weight excluding hydrogens is 260 g/mol. The highest BCUT2D eigenvalue weighted by Gasteiger charge is 2.17. The van der Waals surface area contributed by atoms with Crippen molar-refractivity contribution in [3.05, 3.63) is 77.5 Å². The van der Waals surface area contributed by atoms with E-state index < -0.39 is 17.4 Å². The number of aromatic nitrogens is 1. The third kappa shape index (κ3) is 2.05. The summed E-state index contributed by atoms with van der Waals surface area (Å²) < 4.78 is 26.9. The van der Waals surface area contributed by atoms with E-state index in [0.717, 1.165) is 18.2 Å². The molecule has 3 rings (SSSR count). The second-order valence-electron chi connectivity index (χ2n) is 4.33. The SMILES string of the molecule is O=C(c1cc(F)ccc1F)c1ccnc2ccccc12. The maximum Gasteiger partial charge on any atom is 0.196 e. The molecule has 1 aromatic heterocycles. The van der Waals surface area contributed by atoms with Gasteiger partial charge < -0.3 is 0 Å². The van der Waals surface area contributed by atoms with Crippen molar-refractivity contribution in [2.24, 2.45) is 0 Å². The standard InChI is InChI=1S/C16H9F2NO/c17-10-5-6-14(18)13(9-10)16(20)12-7-8-19-15-4-2-1-3-11(12)15/h1-9H.